The van der Waals surface area contributed by atoms with Crippen LogP contribution in [0.4, 0.5) is 0 Å². The van der Waals surface area contributed by atoms with Crippen LogP contribution in [0.2, 0.25) is 0 Å². The van der Waals surface area contributed by atoms with Crippen molar-refractivity contribution in [1.29, 1.82) is 0 Å². The molecule has 0 spiro atoms. The Morgan fingerprint density at radius 1 is 1.33 bits per heavy atom. The monoisotopic (exact) mass is 246 g/mol. The van der Waals surface area contributed by atoms with E-state index in [0.717, 1.165) is 19.6 Å². The van der Waals surface area contributed by atoms with Gasteiger partial charge in [0.05, 0.1) is 0 Å². The van der Waals surface area contributed by atoms with Gasteiger partial charge >= 0.3 is 0 Å². The minimum Gasteiger partial charge on any atom is -0.312 e. The number of benzene rings is 1. The average molecular weight is 246 g/mol. The molecule has 2 unspecified atom stereocenters. The summed E-state index contributed by atoms with van der Waals surface area (Å²) < 4.78 is 0. The third kappa shape index (κ3) is 3.33. The molecule has 2 rings (SSSR count). The van der Waals surface area contributed by atoms with E-state index in [9.17, 15) is 0 Å². The Hall–Kier alpha value is -0.860. The van der Waals surface area contributed by atoms with Crippen molar-refractivity contribution in [3.8, 4) is 0 Å². The lowest BCUT2D eigenvalue weighted by Gasteiger charge is -2.36. The maximum atomic E-state index is 3.50. The molecule has 1 aromatic rings. The summed E-state index contributed by atoms with van der Waals surface area (Å²) in [5.74, 6) is 0. The summed E-state index contributed by atoms with van der Waals surface area (Å²) in [5.41, 5.74) is 2.91. The van der Waals surface area contributed by atoms with E-state index in [4.69, 9.17) is 0 Å². The predicted molar refractivity (Wildman–Crippen MR) is 77.9 cm³/mol. The highest BCUT2D eigenvalue weighted by Crippen LogP contribution is 2.22. The molecule has 0 saturated carbocycles. The van der Waals surface area contributed by atoms with Crippen LogP contribution in [0.1, 0.15) is 44.4 Å². The van der Waals surface area contributed by atoms with Gasteiger partial charge in [0.2, 0.25) is 0 Å². The first-order valence-corrected chi connectivity index (χ1v) is 7.27. The van der Waals surface area contributed by atoms with Gasteiger partial charge in [0.1, 0.15) is 0 Å². The van der Waals surface area contributed by atoms with Gasteiger partial charge in [-0.05, 0) is 31.4 Å². The standard InChI is InChI=1S/C16H26N2/c1-4-5-15-6-8-16(9-7-15)14(3)18-11-10-17-13(2)12-18/h6-9,13-14,17H,4-5,10-12H2,1-3H3. The average Bonchev–Trinajstić information content (AvgIpc) is 2.39. The van der Waals surface area contributed by atoms with Gasteiger partial charge < -0.3 is 5.32 Å². The quantitative estimate of drug-likeness (QED) is 0.878. The van der Waals surface area contributed by atoms with Crippen molar-refractivity contribution in [1.82, 2.24) is 10.2 Å². The van der Waals surface area contributed by atoms with Crippen LogP contribution in [0, 0.1) is 0 Å². The summed E-state index contributed by atoms with van der Waals surface area (Å²) in [4.78, 5) is 2.58. The fraction of sp³-hybridized carbons (Fsp3) is 0.625. The van der Waals surface area contributed by atoms with Gasteiger partial charge in [-0.3, -0.25) is 4.90 Å². The largest absolute Gasteiger partial charge is 0.312 e. The van der Waals surface area contributed by atoms with Gasteiger partial charge in [-0.25, -0.2) is 0 Å². The Morgan fingerprint density at radius 3 is 2.67 bits per heavy atom. The minimum atomic E-state index is 0.533. The first-order valence-electron chi connectivity index (χ1n) is 7.27. The molecule has 1 saturated heterocycles. The van der Waals surface area contributed by atoms with Crippen LogP contribution in [0.15, 0.2) is 24.3 Å². The number of hydrogen-bond donors (Lipinski definition) is 1. The summed E-state index contributed by atoms with van der Waals surface area (Å²) >= 11 is 0. The van der Waals surface area contributed by atoms with Gasteiger partial charge in [0.15, 0.2) is 0 Å². The van der Waals surface area contributed by atoms with E-state index in [1.54, 1.807) is 0 Å². The van der Waals surface area contributed by atoms with E-state index in [1.807, 2.05) is 0 Å². The molecule has 2 nitrogen and oxygen atoms in total. The fourth-order valence-corrected chi connectivity index (χ4v) is 2.78. The lowest BCUT2D eigenvalue weighted by molar-refractivity contribution is 0.158. The summed E-state index contributed by atoms with van der Waals surface area (Å²) in [6, 6.07) is 10.3. The molecule has 0 bridgehead atoms. The molecule has 1 aliphatic heterocycles. The van der Waals surface area contributed by atoms with Crippen LogP contribution in [0.5, 0.6) is 0 Å². The van der Waals surface area contributed by atoms with Crippen LogP contribution in [-0.2, 0) is 6.42 Å². The van der Waals surface area contributed by atoms with Gasteiger partial charge in [-0.15, -0.1) is 0 Å². The van der Waals surface area contributed by atoms with Crippen molar-refractivity contribution in [2.24, 2.45) is 0 Å². The second kappa shape index (κ2) is 6.35. The summed E-state index contributed by atoms with van der Waals surface area (Å²) in [7, 11) is 0. The molecule has 0 aliphatic carbocycles. The second-order valence-corrected chi connectivity index (χ2v) is 5.52. The Kier molecular flexibility index (Phi) is 4.79. The molecule has 2 heteroatoms. The number of aryl methyl sites for hydroxylation is 1. The molecule has 18 heavy (non-hydrogen) atoms. The number of nitrogens with one attached hydrogen (secondary N) is 1. The third-order valence-electron chi connectivity index (χ3n) is 3.95. The summed E-state index contributed by atoms with van der Waals surface area (Å²) in [6.07, 6.45) is 2.42. The van der Waals surface area contributed by atoms with Crippen LogP contribution in [-0.4, -0.2) is 30.6 Å². The molecule has 2 atom stereocenters. The van der Waals surface area contributed by atoms with Crippen molar-refractivity contribution in [2.45, 2.75) is 45.7 Å². The Morgan fingerprint density at radius 2 is 2.06 bits per heavy atom. The predicted octanol–water partition coefficient (Wildman–Crippen LogP) is 2.99. The highest BCUT2D eigenvalue weighted by atomic mass is 15.2. The number of hydrogen-bond acceptors (Lipinski definition) is 2. The van der Waals surface area contributed by atoms with Crippen molar-refractivity contribution in [2.75, 3.05) is 19.6 Å². The highest BCUT2D eigenvalue weighted by molar-refractivity contribution is 5.25. The number of rotatable bonds is 4. The van der Waals surface area contributed by atoms with Gasteiger partial charge in [-0.1, -0.05) is 37.6 Å². The second-order valence-electron chi connectivity index (χ2n) is 5.52. The van der Waals surface area contributed by atoms with Crippen molar-refractivity contribution in [3.63, 3.8) is 0 Å². The van der Waals surface area contributed by atoms with Gasteiger partial charge in [0, 0.05) is 31.7 Å². The zero-order chi connectivity index (χ0) is 13.0. The van der Waals surface area contributed by atoms with Gasteiger partial charge in [-0.2, -0.15) is 0 Å². The van der Waals surface area contributed by atoms with Crippen LogP contribution in [0.25, 0.3) is 0 Å². The molecule has 0 aromatic heterocycles. The zero-order valence-electron chi connectivity index (χ0n) is 11.9. The highest BCUT2D eigenvalue weighted by Gasteiger charge is 2.21. The normalized spacial score (nSPS) is 22.9. The fourth-order valence-electron chi connectivity index (χ4n) is 2.78. The summed E-state index contributed by atoms with van der Waals surface area (Å²) in [6.45, 7) is 10.2. The topological polar surface area (TPSA) is 15.3 Å². The maximum Gasteiger partial charge on any atom is 0.0321 e. The van der Waals surface area contributed by atoms with Crippen molar-refractivity contribution < 1.29 is 0 Å². The number of nitrogens with zero attached hydrogens (tertiary/aromatic N) is 1. The van der Waals surface area contributed by atoms with E-state index in [-0.39, 0.29) is 0 Å². The first kappa shape index (κ1) is 13.6. The molecular formula is C16H26N2. The Bertz CT molecular complexity index is 358. The zero-order valence-corrected chi connectivity index (χ0v) is 11.9. The van der Waals surface area contributed by atoms with E-state index in [2.05, 4.69) is 55.3 Å². The molecule has 1 heterocycles. The van der Waals surface area contributed by atoms with Gasteiger partial charge in [0.25, 0.3) is 0 Å². The van der Waals surface area contributed by atoms with Crippen LogP contribution < -0.4 is 5.32 Å². The van der Waals surface area contributed by atoms with Crippen LogP contribution in [0.3, 0.4) is 0 Å². The molecular weight excluding hydrogens is 220 g/mol. The molecule has 1 aromatic carbocycles. The van der Waals surface area contributed by atoms with Crippen molar-refractivity contribution in [3.05, 3.63) is 35.4 Å². The maximum absolute atomic E-state index is 3.50. The number of piperazine rings is 1. The smallest absolute Gasteiger partial charge is 0.0321 e. The molecule has 1 fully saturated rings. The third-order valence-corrected chi connectivity index (χ3v) is 3.95. The lowest BCUT2D eigenvalue weighted by Crippen LogP contribution is -2.49. The first-order chi connectivity index (χ1) is 8.70. The minimum absolute atomic E-state index is 0.533. The Labute approximate surface area is 111 Å². The summed E-state index contributed by atoms with van der Waals surface area (Å²) in [5, 5.41) is 3.50. The van der Waals surface area contributed by atoms with E-state index >= 15 is 0 Å². The molecule has 0 radical (unpaired) electrons. The van der Waals surface area contributed by atoms with E-state index in [0.29, 0.717) is 12.1 Å². The van der Waals surface area contributed by atoms with E-state index < -0.39 is 0 Å². The SMILES string of the molecule is CCCc1ccc(C(C)N2CCNC(C)C2)cc1. The molecule has 1 aliphatic rings. The van der Waals surface area contributed by atoms with E-state index in [1.165, 1.54) is 24.0 Å². The van der Waals surface area contributed by atoms with Crippen molar-refractivity contribution >= 4 is 0 Å². The Balaban J connectivity index is 2.01. The molecule has 1 N–H and O–H groups in total. The molecule has 0 amide bonds. The lowest BCUT2D eigenvalue weighted by atomic mass is 10.0. The molecule has 100 valence electrons. The van der Waals surface area contributed by atoms with Crippen LogP contribution >= 0.6 is 0 Å².